The lowest BCUT2D eigenvalue weighted by Crippen LogP contribution is -2.27. The number of nitrogens with two attached hydrogens (primary N) is 1. The van der Waals surface area contributed by atoms with Crippen molar-refractivity contribution in [1.29, 1.82) is 0 Å². The van der Waals surface area contributed by atoms with Crippen LogP contribution in [0.5, 0.6) is 0 Å². The van der Waals surface area contributed by atoms with Gasteiger partial charge in [0, 0.05) is 18.8 Å². The molecule has 19 heavy (non-hydrogen) atoms. The van der Waals surface area contributed by atoms with Gasteiger partial charge in [-0.05, 0) is 37.5 Å². The van der Waals surface area contributed by atoms with Gasteiger partial charge >= 0.3 is 0 Å². The molecule has 5 nitrogen and oxygen atoms in total. The molecule has 1 atom stereocenters. The third-order valence-corrected chi connectivity index (χ3v) is 4.97. The molecule has 0 radical (unpaired) electrons. The quantitative estimate of drug-likeness (QED) is 0.812. The summed E-state index contributed by atoms with van der Waals surface area (Å²) in [7, 11) is -3.59. The van der Waals surface area contributed by atoms with Gasteiger partial charge in [-0.1, -0.05) is 11.6 Å². The van der Waals surface area contributed by atoms with Crippen LogP contribution in [-0.2, 0) is 14.8 Å². The molecule has 0 aliphatic carbocycles. The predicted molar refractivity (Wildman–Crippen MR) is 74.6 cm³/mol. The highest BCUT2D eigenvalue weighted by Gasteiger charge is 2.20. The van der Waals surface area contributed by atoms with E-state index in [0.29, 0.717) is 18.7 Å². The number of hydrogen-bond donors (Lipinski definition) is 2. The summed E-state index contributed by atoms with van der Waals surface area (Å²) in [4.78, 5) is 0.0516. The first kappa shape index (κ1) is 14.6. The highest BCUT2D eigenvalue weighted by atomic mass is 35.5. The van der Waals surface area contributed by atoms with Gasteiger partial charge in [0.05, 0.1) is 11.1 Å². The van der Waals surface area contributed by atoms with Gasteiger partial charge in [0.15, 0.2) is 0 Å². The third kappa shape index (κ3) is 3.82. The van der Waals surface area contributed by atoms with Crippen LogP contribution >= 0.6 is 11.6 Å². The van der Waals surface area contributed by atoms with E-state index in [-0.39, 0.29) is 16.0 Å². The Bertz CT molecular complexity index is 542. The van der Waals surface area contributed by atoms with Crippen LogP contribution in [0.3, 0.4) is 0 Å². The van der Waals surface area contributed by atoms with E-state index in [0.717, 1.165) is 19.4 Å². The minimum absolute atomic E-state index is 0.0516. The average molecular weight is 305 g/mol. The van der Waals surface area contributed by atoms with Crippen molar-refractivity contribution in [3.63, 3.8) is 0 Å². The molecule has 0 spiro atoms. The number of hydrogen-bond acceptors (Lipinski definition) is 4. The van der Waals surface area contributed by atoms with E-state index in [1.54, 1.807) is 0 Å². The molecule has 1 aliphatic heterocycles. The Balaban J connectivity index is 1.97. The molecule has 106 valence electrons. The van der Waals surface area contributed by atoms with Gasteiger partial charge in [0.1, 0.15) is 4.90 Å². The molecule has 2 rings (SSSR count). The number of sulfonamides is 1. The first-order valence-corrected chi connectivity index (χ1v) is 8.01. The van der Waals surface area contributed by atoms with Gasteiger partial charge in [-0.15, -0.1) is 0 Å². The monoisotopic (exact) mass is 304 g/mol. The predicted octanol–water partition coefficient (Wildman–Crippen LogP) is 1.77. The molecule has 0 amide bonds. The van der Waals surface area contributed by atoms with Gasteiger partial charge in [-0.25, -0.2) is 13.1 Å². The molecular formula is C12H17ClN2O3S. The molecule has 1 aliphatic rings. The first-order valence-electron chi connectivity index (χ1n) is 6.15. The van der Waals surface area contributed by atoms with E-state index in [2.05, 4.69) is 4.72 Å². The molecule has 1 aromatic rings. The van der Waals surface area contributed by atoms with Crippen LogP contribution in [-0.4, -0.2) is 27.7 Å². The Morgan fingerprint density at radius 1 is 1.47 bits per heavy atom. The van der Waals surface area contributed by atoms with E-state index in [1.807, 2.05) is 0 Å². The van der Waals surface area contributed by atoms with Gasteiger partial charge < -0.3 is 10.5 Å². The molecule has 1 saturated heterocycles. The zero-order valence-corrected chi connectivity index (χ0v) is 12.0. The van der Waals surface area contributed by atoms with Gasteiger partial charge in [-0.3, -0.25) is 0 Å². The zero-order valence-electron chi connectivity index (χ0n) is 10.4. The Morgan fingerprint density at radius 2 is 2.26 bits per heavy atom. The average Bonchev–Trinajstić information content (AvgIpc) is 2.81. The van der Waals surface area contributed by atoms with Crippen molar-refractivity contribution >= 4 is 27.3 Å². The SMILES string of the molecule is Nc1ccc(S(=O)(=O)NCCC2CCCO2)c(Cl)c1. The second-order valence-electron chi connectivity index (χ2n) is 4.51. The number of ether oxygens (including phenoxy) is 1. The second-order valence-corrected chi connectivity index (χ2v) is 6.65. The summed E-state index contributed by atoms with van der Waals surface area (Å²) in [5, 5.41) is 0.129. The van der Waals surface area contributed by atoms with Crippen molar-refractivity contribution < 1.29 is 13.2 Å². The Labute approximate surface area is 118 Å². The summed E-state index contributed by atoms with van der Waals surface area (Å²) in [6.45, 7) is 1.11. The van der Waals surface area contributed by atoms with Gasteiger partial charge in [-0.2, -0.15) is 0 Å². The van der Waals surface area contributed by atoms with E-state index in [9.17, 15) is 8.42 Å². The Morgan fingerprint density at radius 3 is 2.89 bits per heavy atom. The minimum Gasteiger partial charge on any atom is -0.399 e. The van der Waals surface area contributed by atoms with Gasteiger partial charge in [0.2, 0.25) is 10.0 Å². The highest BCUT2D eigenvalue weighted by Crippen LogP contribution is 2.23. The van der Waals surface area contributed by atoms with Crippen molar-refractivity contribution in [2.45, 2.75) is 30.3 Å². The molecule has 0 saturated carbocycles. The lowest BCUT2D eigenvalue weighted by Gasteiger charge is -2.11. The number of anilines is 1. The second kappa shape index (κ2) is 6.09. The summed E-state index contributed by atoms with van der Waals surface area (Å²) >= 11 is 5.90. The first-order chi connectivity index (χ1) is 8.99. The van der Waals surface area contributed by atoms with Gasteiger partial charge in [0.25, 0.3) is 0 Å². The fourth-order valence-corrected chi connectivity index (χ4v) is 3.64. The summed E-state index contributed by atoms with van der Waals surface area (Å²) in [5.41, 5.74) is 5.97. The van der Waals surface area contributed by atoms with E-state index in [1.165, 1.54) is 18.2 Å². The van der Waals surface area contributed by atoms with E-state index in [4.69, 9.17) is 22.1 Å². The molecule has 1 aromatic carbocycles. The van der Waals surface area contributed by atoms with Crippen LogP contribution in [0.4, 0.5) is 5.69 Å². The number of nitrogens with one attached hydrogen (secondary N) is 1. The molecule has 1 heterocycles. The molecule has 0 aromatic heterocycles. The van der Waals surface area contributed by atoms with Crippen LogP contribution < -0.4 is 10.5 Å². The highest BCUT2D eigenvalue weighted by molar-refractivity contribution is 7.89. The zero-order chi connectivity index (χ0) is 13.9. The number of benzene rings is 1. The molecular weight excluding hydrogens is 288 g/mol. The fraction of sp³-hybridized carbons (Fsp3) is 0.500. The number of nitrogen functional groups attached to an aromatic ring is 1. The maximum Gasteiger partial charge on any atom is 0.242 e. The van der Waals surface area contributed by atoms with Crippen molar-refractivity contribution in [3.8, 4) is 0 Å². The Hall–Kier alpha value is -0.820. The van der Waals surface area contributed by atoms with Crippen LogP contribution in [0.15, 0.2) is 23.1 Å². The fourth-order valence-electron chi connectivity index (χ4n) is 2.04. The lowest BCUT2D eigenvalue weighted by molar-refractivity contribution is 0.105. The normalized spacial score (nSPS) is 19.7. The Kier molecular flexibility index (Phi) is 4.67. The third-order valence-electron chi connectivity index (χ3n) is 3.03. The van der Waals surface area contributed by atoms with Crippen LogP contribution in [0, 0.1) is 0 Å². The molecule has 1 unspecified atom stereocenters. The molecule has 1 fully saturated rings. The summed E-state index contributed by atoms with van der Waals surface area (Å²) in [5.74, 6) is 0. The topological polar surface area (TPSA) is 81.4 Å². The van der Waals surface area contributed by atoms with E-state index >= 15 is 0 Å². The maximum absolute atomic E-state index is 12.1. The molecule has 7 heteroatoms. The number of halogens is 1. The smallest absolute Gasteiger partial charge is 0.242 e. The summed E-state index contributed by atoms with van der Waals surface area (Å²) in [6.07, 6.45) is 2.86. The number of rotatable bonds is 5. The van der Waals surface area contributed by atoms with Crippen molar-refractivity contribution in [2.75, 3.05) is 18.9 Å². The summed E-state index contributed by atoms with van der Waals surface area (Å²) < 4.78 is 32.1. The molecule has 0 bridgehead atoms. The molecule has 3 N–H and O–H groups in total. The largest absolute Gasteiger partial charge is 0.399 e. The van der Waals surface area contributed by atoms with E-state index < -0.39 is 10.0 Å². The summed E-state index contributed by atoms with van der Waals surface area (Å²) in [6, 6.07) is 4.35. The van der Waals surface area contributed by atoms with Crippen molar-refractivity contribution in [2.24, 2.45) is 0 Å². The lowest BCUT2D eigenvalue weighted by atomic mass is 10.2. The van der Waals surface area contributed by atoms with Crippen molar-refractivity contribution in [3.05, 3.63) is 23.2 Å². The van der Waals surface area contributed by atoms with Crippen LogP contribution in [0.2, 0.25) is 5.02 Å². The van der Waals surface area contributed by atoms with Crippen LogP contribution in [0.1, 0.15) is 19.3 Å². The minimum atomic E-state index is -3.59. The standard InChI is InChI=1S/C12H17ClN2O3S/c13-11-8-9(14)3-4-12(11)19(16,17)15-6-5-10-2-1-7-18-10/h3-4,8,10,15H,1-2,5-7,14H2. The maximum atomic E-state index is 12.1. The van der Waals surface area contributed by atoms with Crippen LogP contribution in [0.25, 0.3) is 0 Å². The van der Waals surface area contributed by atoms with Crippen molar-refractivity contribution in [1.82, 2.24) is 4.72 Å².